The number of benzene rings is 2. The molecule has 172 valence electrons. The number of ether oxygens (including phenoxy) is 1. The highest BCUT2D eigenvalue weighted by atomic mass is 16.6. The van der Waals surface area contributed by atoms with Gasteiger partial charge in [-0.2, -0.15) is 0 Å². The molecule has 1 aliphatic rings. The number of anilines is 3. The number of carbonyl (C=O) groups is 1. The van der Waals surface area contributed by atoms with Crippen molar-refractivity contribution >= 4 is 28.8 Å². The summed E-state index contributed by atoms with van der Waals surface area (Å²) in [4.78, 5) is 27.4. The van der Waals surface area contributed by atoms with E-state index in [9.17, 15) is 14.9 Å². The van der Waals surface area contributed by atoms with E-state index in [1.165, 1.54) is 12.3 Å². The maximum absolute atomic E-state index is 12.1. The first kappa shape index (κ1) is 22.2. The molecule has 1 aliphatic heterocycles. The van der Waals surface area contributed by atoms with Crippen LogP contribution in [0.4, 0.5) is 27.5 Å². The highest BCUT2D eigenvalue weighted by molar-refractivity contribution is 5.77. The number of rotatable bonds is 6. The van der Waals surface area contributed by atoms with Crippen molar-refractivity contribution < 1.29 is 18.9 Å². The molecule has 1 aromatic heterocycles. The number of nitro groups is 1. The molecule has 4 rings (SSSR count). The fourth-order valence-electron chi connectivity index (χ4n) is 4.00. The number of amides is 1. The lowest BCUT2D eigenvalue weighted by Crippen LogP contribution is -2.54. The summed E-state index contributed by atoms with van der Waals surface area (Å²) in [7, 11) is 0. The van der Waals surface area contributed by atoms with Crippen LogP contribution in [0.15, 0.2) is 65.5 Å². The third-order valence-corrected chi connectivity index (χ3v) is 5.67. The summed E-state index contributed by atoms with van der Waals surface area (Å²) in [6.45, 7) is 6.06. The monoisotopic (exact) mass is 450 g/mol. The molecule has 2 aromatic carbocycles. The van der Waals surface area contributed by atoms with Crippen LogP contribution in [0.1, 0.15) is 13.8 Å². The van der Waals surface area contributed by atoms with Crippen LogP contribution in [0.25, 0.3) is 11.1 Å². The fraction of sp³-hybridized carbons (Fsp3) is 0.292. The molecule has 0 saturated carbocycles. The first-order chi connectivity index (χ1) is 16.0. The normalized spacial score (nSPS) is 15.9. The van der Waals surface area contributed by atoms with Gasteiger partial charge in [-0.25, -0.2) is 4.79 Å². The Hall–Kier alpha value is -4.01. The van der Waals surface area contributed by atoms with E-state index in [1.54, 1.807) is 30.2 Å². The Labute approximate surface area is 191 Å². The summed E-state index contributed by atoms with van der Waals surface area (Å²) in [5, 5.41) is 14.9. The Morgan fingerprint density at radius 1 is 1.21 bits per heavy atom. The van der Waals surface area contributed by atoms with Crippen molar-refractivity contribution in [1.29, 1.82) is 0 Å². The van der Waals surface area contributed by atoms with Gasteiger partial charge in [0, 0.05) is 48.7 Å². The second kappa shape index (κ2) is 9.64. The minimum Gasteiger partial charge on any atom is -0.472 e. The van der Waals surface area contributed by atoms with E-state index in [2.05, 4.69) is 10.2 Å². The van der Waals surface area contributed by atoms with E-state index < -0.39 is 4.92 Å². The summed E-state index contributed by atoms with van der Waals surface area (Å²) in [6.07, 6.45) is 2.80. The molecule has 0 radical (unpaired) electrons. The molecule has 2 heterocycles. The molecule has 9 heteroatoms. The second-order valence-corrected chi connectivity index (χ2v) is 7.86. The van der Waals surface area contributed by atoms with Gasteiger partial charge in [0.1, 0.15) is 5.69 Å². The second-order valence-electron chi connectivity index (χ2n) is 7.86. The molecule has 1 unspecified atom stereocenters. The quantitative estimate of drug-likeness (QED) is 0.403. The fourth-order valence-corrected chi connectivity index (χ4v) is 4.00. The third-order valence-electron chi connectivity index (χ3n) is 5.67. The summed E-state index contributed by atoms with van der Waals surface area (Å²) in [5.41, 5.74) is 3.60. The summed E-state index contributed by atoms with van der Waals surface area (Å²) < 4.78 is 10.2. The van der Waals surface area contributed by atoms with Crippen molar-refractivity contribution in [3.8, 4) is 11.1 Å². The standard InChI is InChI=1S/C24H26N4O5/c1-3-33-24(29)27-11-10-26(15-17(27)2)21-6-4-5-20(14-21)25-22-8-7-18(13-23(22)28(30)31)19-9-12-32-16-19/h4-9,12-14,16-17,25H,3,10-11,15H2,1-2H3. The number of furan rings is 1. The van der Waals surface area contributed by atoms with Gasteiger partial charge in [-0.05, 0) is 49.7 Å². The lowest BCUT2D eigenvalue weighted by Gasteiger charge is -2.40. The number of nitrogens with one attached hydrogen (secondary N) is 1. The van der Waals surface area contributed by atoms with Crippen LogP contribution in [0.2, 0.25) is 0 Å². The minimum absolute atomic E-state index is 0.00553. The molecule has 1 atom stereocenters. The van der Waals surface area contributed by atoms with Crippen molar-refractivity contribution in [2.45, 2.75) is 19.9 Å². The van der Waals surface area contributed by atoms with Gasteiger partial charge in [0.05, 0.1) is 24.1 Å². The zero-order valence-electron chi connectivity index (χ0n) is 18.6. The largest absolute Gasteiger partial charge is 0.472 e. The predicted molar refractivity (Wildman–Crippen MR) is 126 cm³/mol. The third kappa shape index (κ3) is 4.92. The number of carbonyl (C=O) groups excluding carboxylic acids is 1. The van der Waals surface area contributed by atoms with Crippen LogP contribution in [0, 0.1) is 10.1 Å². The van der Waals surface area contributed by atoms with Crippen molar-refractivity contribution in [3.63, 3.8) is 0 Å². The van der Waals surface area contributed by atoms with Gasteiger partial charge in [0.25, 0.3) is 5.69 Å². The van der Waals surface area contributed by atoms with Gasteiger partial charge in [-0.15, -0.1) is 0 Å². The van der Waals surface area contributed by atoms with Crippen LogP contribution in [0.3, 0.4) is 0 Å². The van der Waals surface area contributed by atoms with Crippen LogP contribution in [-0.4, -0.2) is 48.2 Å². The van der Waals surface area contributed by atoms with Crippen molar-refractivity contribution in [3.05, 3.63) is 71.2 Å². The minimum atomic E-state index is -0.397. The molecule has 0 aliphatic carbocycles. The molecular formula is C24H26N4O5. The van der Waals surface area contributed by atoms with Crippen LogP contribution in [0.5, 0.6) is 0 Å². The zero-order valence-corrected chi connectivity index (χ0v) is 18.6. The SMILES string of the molecule is CCOC(=O)N1CCN(c2cccc(Nc3ccc(-c4ccoc4)cc3[N+](=O)[O-])c2)CC1C. The number of hydrogen-bond donors (Lipinski definition) is 1. The van der Waals surface area contributed by atoms with E-state index in [0.717, 1.165) is 16.9 Å². The topological polar surface area (TPSA) is 101 Å². The Morgan fingerprint density at radius 2 is 2.06 bits per heavy atom. The number of hydrogen-bond acceptors (Lipinski definition) is 7. The first-order valence-corrected chi connectivity index (χ1v) is 10.8. The Bertz CT molecular complexity index is 1130. The smallest absolute Gasteiger partial charge is 0.410 e. The lowest BCUT2D eigenvalue weighted by atomic mass is 10.1. The predicted octanol–water partition coefficient (Wildman–Crippen LogP) is 5.27. The van der Waals surface area contributed by atoms with E-state index in [1.807, 2.05) is 37.3 Å². The molecule has 33 heavy (non-hydrogen) atoms. The van der Waals surface area contributed by atoms with Gasteiger partial charge in [-0.1, -0.05) is 12.1 Å². The van der Waals surface area contributed by atoms with Gasteiger partial charge in [0.15, 0.2) is 0 Å². The molecule has 1 saturated heterocycles. The summed E-state index contributed by atoms with van der Waals surface area (Å²) >= 11 is 0. The molecular weight excluding hydrogens is 424 g/mol. The maximum Gasteiger partial charge on any atom is 0.410 e. The molecule has 0 bridgehead atoms. The number of piperazine rings is 1. The Morgan fingerprint density at radius 3 is 2.76 bits per heavy atom. The first-order valence-electron chi connectivity index (χ1n) is 10.8. The highest BCUT2D eigenvalue weighted by Gasteiger charge is 2.28. The maximum atomic E-state index is 12.1. The van der Waals surface area contributed by atoms with Crippen molar-refractivity contribution in [2.24, 2.45) is 0 Å². The summed E-state index contributed by atoms with van der Waals surface area (Å²) in [5.74, 6) is 0. The molecule has 3 aromatic rings. The van der Waals surface area contributed by atoms with E-state index in [-0.39, 0.29) is 17.8 Å². The van der Waals surface area contributed by atoms with Crippen molar-refractivity contribution in [1.82, 2.24) is 4.90 Å². The Kier molecular flexibility index (Phi) is 6.48. The lowest BCUT2D eigenvalue weighted by molar-refractivity contribution is -0.383. The number of nitro benzene ring substituents is 1. The van der Waals surface area contributed by atoms with E-state index in [4.69, 9.17) is 9.15 Å². The van der Waals surface area contributed by atoms with Gasteiger partial charge in [-0.3, -0.25) is 10.1 Å². The van der Waals surface area contributed by atoms with Gasteiger partial charge in [0.2, 0.25) is 0 Å². The zero-order chi connectivity index (χ0) is 23.4. The highest BCUT2D eigenvalue weighted by Crippen LogP contribution is 2.34. The van der Waals surface area contributed by atoms with Crippen LogP contribution in [-0.2, 0) is 4.74 Å². The Balaban J connectivity index is 1.51. The van der Waals surface area contributed by atoms with Gasteiger partial charge >= 0.3 is 6.09 Å². The molecule has 9 nitrogen and oxygen atoms in total. The molecule has 1 N–H and O–H groups in total. The number of nitrogens with zero attached hydrogens (tertiary/aromatic N) is 3. The average Bonchev–Trinajstić information content (AvgIpc) is 3.34. The van der Waals surface area contributed by atoms with Crippen LogP contribution < -0.4 is 10.2 Å². The molecule has 1 amide bonds. The molecule has 0 spiro atoms. The van der Waals surface area contributed by atoms with Crippen LogP contribution >= 0.6 is 0 Å². The summed E-state index contributed by atoms with van der Waals surface area (Å²) in [6, 6.07) is 14.6. The average molecular weight is 450 g/mol. The van der Waals surface area contributed by atoms with Crippen molar-refractivity contribution in [2.75, 3.05) is 36.5 Å². The van der Waals surface area contributed by atoms with E-state index in [0.29, 0.717) is 37.5 Å². The van der Waals surface area contributed by atoms with E-state index >= 15 is 0 Å². The van der Waals surface area contributed by atoms with Gasteiger partial charge < -0.3 is 24.3 Å². The molecule has 1 fully saturated rings.